The van der Waals surface area contributed by atoms with Crippen molar-refractivity contribution < 1.29 is 4.74 Å². The third-order valence-electron chi connectivity index (χ3n) is 3.29. The van der Waals surface area contributed by atoms with Gasteiger partial charge in [0.2, 0.25) is 0 Å². The maximum atomic E-state index is 5.99. The molecule has 1 aliphatic rings. The van der Waals surface area contributed by atoms with E-state index in [4.69, 9.17) is 22.1 Å². The van der Waals surface area contributed by atoms with Crippen molar-refractivity contribution in [1.82, 2.24) is 0 Å². The number of nitrogens with one attached hydrogen (secondary N) is 1. The molecule has 0 aromatic heterocycles. The van der Waals surface area contributed by atoms with Crippen LogP contribution in [0.1, 0.15) is 19.3 Å². The van der Waals surface area contributed by atoms with Gasteiger partial charge in [-0.1, -0.05) is 17.7 Å². The number of hydrogen-bond donors (Lipinski definition) is 2. The fourth-order valence-electron chi connectivity index (χ4n) is 2.26. The van der Waals surface area contributed by atoms with Crippen LogP contribution in [0.15, 0.2) is 24.3 Å². The van der Waals surface area contributed by atoms with Crippen LogP contribution in [-0.4, -0.2) is 25.3 Å². The topological polar surface area (TPSA) is 47.3 Å². The van der Waals surface area contributed by atoms with E-state index >= 15 is 0 Å². The van der Waals surface area contributed by atoms with Crippen molar-refractivity contribution in [1.29, 1.82) is 0 Å². The summed E-state index contributed by atoms with van der Waals surface area (Å²) in [6.45, 7) is 2.21. The third kappa shape index (κ3) is 3.35. The van der Waals surface area contributed by atoms with Gasteiger partial charge in [-0.2, -0.15) is 0 Å². The van der Waals surface area contributed by atoms with E-state index in [1.807, 2.05) is 24.3 Å². The van der Waals surface area contributed by atoms with E-state index in [-0.39, 0.29) is 5.54 Å². The Bertz CT molecular complexity index is 362. The van der Waals surface area contributed by atoms with Gasteiger partial charge in [-0.3, -0.25) is 0 Å². The second kappa shape index (κ2) is 5.71. The fraction of sp³-hybridized carbons (Fsp3) is 0.538. The Balaban J connectivity index is 2.12. The molecule has 0 amide bonds. The molecule has 1 aromatic rings. The highest BCUT2D eigenvalue weighted by Crippen LogP contribution is 2.26. The van der Waals surface area contributed by atoms with Crippen LogP contribution in [-0.2, 0) is 4.74 Å². The highest BCUT2D eigenvalue weighted by Gasteiger charge is 2.29. The summed E-state index contributed by atoms with van der Waals surface area (Å²) >= 11 is 5.99. The Labute approximate surface area is 107 Å². The van der Waals surface area contributed by atoms with Gasteiger partial charge < -0.3 is 15.8 Å². The molecule has 1 fully saturated rings. The predicted molar refractivity (Wildman–Crippen MR) is 71.5 cm³/mol. The Kier molecular flexibility index (Phi) is 4.26. The van der Waals surface area contributed by atoms with E-state index in [2.05, 4.69) is 5.32 Å². The largest absolute Gasteiger partial charge is 0.381 e. The molecule has 3 nitrogen and oxygen atoms in total. The monoisotopic (exact) mass is 254 g/mol. The molecular formula is C13H19ClN2O. The summed E-state index contributed by atoms with van der Waals surface area (Å²) < 4.78 is 5.49. The summed E-state index contributed by atoms with van der Waals surface area (Å²) in [5.74, 6) is 0. The first kappa shape index (κ1) is 12.7. The Morgan fingerprint density at radius 1 is 1.35 bits per heavy atom. The molecule has 1 unspecified atom stereocenters. The zero-order valence-corrected chi connectivity index (χ0v) is 10.7. The quantitative estimate of drug-likeness (QED) is 0.872. The molecule has 17 heavy (non-hydrogen) atoms. The van der Waals surface area contributed by atoms with Gasteiger partial charge in [0.25, 0.3) is 0 Å². The molecule has 0 aliphatic carbocycles. The third-order valence-corrected chi connectivity index (χ3v) is 3.53. The van der Waals surface area contributed by atoms with Crippen LogP contribution in [0.4, 0.5) is 5.69 Å². The molecule has 1 atom stereocenters. The Morgan fingerprint density at radius 3 is 3.00 bits per heavy atom. The first-order valence-electron chi connectivity index (χ1n) is 6.06. The average molecular weight is 255 g/mol. The molecule has 0 radical (unpaired) electrons. The predicted octanol–water partition coefficient (Wildman–Crippen LogP) is 2.65. The first-order valence-corrected chi connectivity index (χ1v) is 6.43. The van der Waals surface area contributed by atoms with E-state index in [9.17, 15) is 0 Å². The van der Waals surface area contributed by atoms with Gasteiger partial charge >= 0.3 is 0 Å². The van der Waals surface area contributed by atoms with Crippen molar-refractivity contribution in [3.05, 3.63) is 29.3 Å². The van der Waals surface area contributed by atoms with Gasteiger partial charge in [-0.05, 0) is 37.5 Å². The van der Waals surface area contributed by atoms with Gasteiger partial charge in [0.05, 0.1) is 5.54 Å². The van der Waals surface area contributed by atoms with Crippen molar-refractivity contribution in [3.63, 3.8) is 0 Å². The van der Waals surface area contributed by atoms with Crippen LogP contribution in [0.3, 0.4) is 0 Å². The summed E-state index contributed by atoms with van der Waals surface area (Å²) in [5, 5.41) is 4.28. The molecule has 0 spiro atoms. The SMILES string of the molecule is NCC1(Nc2cccc(Cl)c2)CCCOCC1. The molecule has 2 rings (SSSR count). The normalized spacial score (nSPS) is 25.3. The molecule has 4 heteroatoms. The molecule has 1 saturated heterocycles. The molecule has 1 aromatic carbocycles. The van der Waals surface area contributed by atoms with Crippen LogP contribution < -0.4 is 11.1 Å². The smallest absolute Gasteiger partial charge is 0.0518 e. The lowest BCUT2D eigenvalue weighted by atomic mass is 9.90. The minimum absolute atomic E-state index is 0.0544. The summed E-state index contributed by atoms with van der Waals surface area (Å²) in [4.78, 5) is 0. The standard InChI is InChI=1S/C13H19ClN2O/c14-11-3-1-4-12(9-11)16-13(10-15)5-2-7-17-8-6-13/h1,3-4,9,16H,2,5-8,10,15H2. The van der Waals surface area contributed by atoms with Crippen LogP contribution in [0, 0.1) is 0 Å². The maximum absolute atomic E-state index is 5.99. The number of benzene rings is 1. The van der Waals surface area contributed by atoms with Crippen molar-refractivity contribution in [2.24, 2.45) is 5.73 Å². The summed E-state index contributed by atoms with van der Waals surface area (Å²) in [6, 6.07) is 7.78. The van der Waals surface area contributed by atoms with Gasteiger partial charge in [0.15, 0.2) is 0 Å². The zero-order chi connectivity index (χ0) is 12.1. The minimum Gasteiger partial charge on any atom is -0.381 e. The fourth-order valence-corrected chi connectivity index (χ4v) is 2.45. The van der Waals surface area contributed by atoms with Crippen LogP contribution in [0.2, 0.25) is 5.02 Å². The minimum atomic E-state index is -0.0544. The molecular weight excluding hydrogens is 236 g/mol. The lowest BCUT2D eigenvalue weighted by Gasteiger charge is -2.33. The van der Waals surface area contributed by atoms with Gasteiger partial charge in [0.1, 0.15) is 0 Å². The number of ether oxygens (including phenoxy) is 1. The summed E-state index contributed by atoms with van der Waals surface area (Å²) in [5.41, 5.74) is 6.92. The second-order valence-electron chi connectivity index (χ2n) is 4.59. The first-order chi connectivity index (χ1) is 8.24. The lowest BCUT2D eigenvalue weighted by Crippen LogP contribution is -2.45. The van der Waals surface area contributed by atoms with E-state index in [1.54, 1.807) is 0 Å². The second-order valence-corrected chi connectivity index (χ2v) is 5.02. The maximum Gasteiger partial charge on any atom is 0.0518 e. The van der Waals surface area contributed by atoms with Crippen LogP contribution >= 0.6 is 11.6 Å². The number of hydrogen-bond acceptors (Lipinski definition) is 3. The molecule has 1 aliphatic heterocycles. The molecule has 94 valence electrons. The lowest BCUT2D eigenvalue weighted by molar-refractivity contribution is 0.141. The number of rotatable bonds is 3. The van der Waals surface area contributed by atoms with Crippen molar-refractivity contribution >= 4 is 17.3 Å². The highest BCUT2D eigenvalue weighted by atomic mass is 35.5. The van der Waals surface area contributed by atoms with Crippen LogP contribution in [0.5, 0.6) is 0 Å². The number of halogens is 1. The van der Waals surface area contributed by atoms with Gasteiger partial charge in [0, 0.05) is 30.5 Å². The summed E-state index contributed by atoms with van der Waals surface area (Å²) in [6.07, 6.45) is 3.02. The van der Waals surface area contributed by atoms with Crippen molar-refractivity contribution in [2.45, 2.75) is 24.8 Å². The van der Waals surface area contributed by atoms with Crippen molar-refractivity contribution in [2.75, 3.05) is 25.1 Å². The highest BCUT2D eigenvalue weighted by molar-refractivity contribution is 6.30. The van der Waals surface area contributed by atoms with E-state index in [0.29, 0.717) is 6.54 Å². The number of nitrogens with two attached hydrogens (primary N) is 1. The number of anilines is 1. The van der Waals surface area contributed by atoms with E-state index in [0.717, 1.165) is 43.2 Å². The van der Waals surface area contributed by atoms with Gasteiger partial charge in [-0.15, -0.1) is 0 Å². The molecule has 1 heterocycles. The van der Waals surface area contributed by atoms with Gasteiger partial charge in [-0.25, -0.2) is 0 Å². The Hall–Kier alpha value is -0.770. The van der Waals surface area contributed by atoms with Crippen LogP contribution in [0.25, 0.3) is 0 Å². The molecule has 3 N–H and O–H groups in total. The van der Waals surface area contributed by atoms with E-state index < -0.39 is 0 Å². The molecule has 0 saturated carbocycles. The summed E-state index contributed by atoms with van der Waals surface area (Å²) in [7, 11) is 0. The van der Waals surface area contributed by atoms with Crippen molar-refractivity contribution in [3.8, 4) is 0 Å². The van der Waals surface area contributed by atoms with E-state index in [1.165, 1.54) is 0 Å². The molecule has 0 bridgehead atoms. The Morgan fingerprint density at radius 2 is 2.24 bits per heavy atom. The average Bonchev–Trinajstić information content (AvgIpc) is 2.55. The zero-order valence-electron chi connectivity index (χ0n) is 9.92.